The van der Waals surface area contributed by atoms with Crippen LogP contribution in [-0.4, -0.2) is 18.5 Å². The lowest BCUT2D eigenvalue weighted by atomic mass is 9.89. The van der Waals surface area contributed by atoms with Crippen LogP contribution in [-0.2, 0) is 35.2 Å². The Hall–Kier alpha value is -2.65. The van der Waals surface area contributed by atoms with Crippen LogP contribution in [0.15, 0.2) is 18.2 Å². The van der Waals surface area contributed by atoms with Gasteiger partial charge >= 0.3 is 5.97 Å². The maximum Gasteiger partial charge on any atom is 0.338 e. The molecule has 2 aliphatic rings. The highest BCUT2D eigenvalue weighted by atomic mass is 32.1. The lowest BCUT2D eigenvalue weighted by Crippen LogP contribution is -2.21. The number of nitriles is 1. The van der Waals surface area contributed by atoms with Crippen LogP contribution in [0.2, 0.25) is 0 Å². The Morgan fingerprint density at radius 2 is 2.11 bits per heavy atom. The number of nitrogens with zero attached hydrogens (tertiary/aromatic N) is 1. The highest BCUT2D eigenvalue weighted by Crippen LogP contribution is 2.39. The van der Waals surface area contributed by atoms with Gasteiger partial charge in [0.25, 0.3) is 5.91 Å². The number of hydrogen-bond acceptors (Lipinski definition) is 5. The van der Waals surface area contributed by atoms with E-state index in [1.54, 1.807) is 6.07 Å². The van der Waals surface area contributed by atoms with E-state index >= 15 is 0 Å². The van der Waals surface area contributed by atoms with Gasteiger partial charge in [0.05, 0.1) is 11.1 Å². The van der Waals surface area contributed by atoms with Gasteiger partial charge in [-0.15, -0.1) is 11.3 Å². The number of thiophene rings is 1. The summed E-state index contributed by atoms with van der Waals surface area (Å²) in [6.45, 7) is 1.84. The molecule has 1 aromatic heterocycles. The van der Waals surface area contributed by atoms with Crippen molar-refractivity contribution in [1.29, 1.82) is 5.26 Å². The SMILES string of the molecule is C[C@@H]1CCc2c(sc(NC(=O)COC(=O)c3ccc4c(c3)CCC4)c2C#N)C1. The van der Waals surface area contributed by atoms with Crippen molar-refractivity contribution in [1.82, 2.24) is 0 Å². The molecule has 0 saturated carbocycles. The number of fused-ring (bicyclic) bond motifs is 2. The third-order valence-corrected chi connectivity index (χ3v) is 6.71. The third kappa shape index (κ3) is 3.67. The van der Waals surface area contributed by atoms with Crippen molar-refractivity contribution in [2.75, 3.05) is 11.9 Å². The van der Waals surface area contributed by atoms with Gasteiger partial charge in [-0.3, -0.25) is 4.79 Å². The number of ether oxygens (including phenoxy) is 1. The minimum atomic E-state index is -0.496. The van der Waals surface area contributed by atoms with E-state index in [-0.39, 0.29) is 6.61 Å². The Morgan fingerprint density at radius 1 is 1.29 bits per heavy atom. The van der Waals surface area contributed by atoms with Gasteiger partial charge in [0.15, 0.2) is 6.61 Å². The number of carbonyl (C=O) groups is 2. The van der Waals surface area contributed by atoms with Crippen LogP contribution in [0.5, 0.6) is 0 Å². The average molecular weight is 394 g/mol. The monoisotopic (exact) mass is 394 g/mol. The summed E-state index contributed by atoms with van der Waals surface area (Å²) < 4.78 is 5.19. The summed E-state index contributed by atoms with van der Waals surface area (Å²) in [5.41, 5.74) is 4.58. The van der Waals surface area contributed by atoms with E-state index in [4.69, 9.17) is 4.74 Å². The predicted octanol–water partition coefficient (Wildman–Crippen LogP) is 4.03. The molecule has 144 valence electrons. The van der Waals surface area contributed by atoms with E-state index in [0.717, 1.165) is 44.1 Å². The van der Waals surface area contributed by atoms with Crippen LogP contribution in [0.25, 0.3) is 0 Å². The topological polar surface area (TPSA) is 79.2 Å². The minimum absolute atomic E-state index is 0.361. The van der Waals surface area contributed by atoms with Crippen molar-refractivity contribution in [3.63, 3.8) is 0 Å². The first-order valence-electron chi connectivity index (χ1n) is 9.68. The molecular formula is C22H22N2O3S. The first-order valence-corrected chi connectivity index (χ1v) is 10.5. The molecule has 1 N–H and O–H groups in total. The van der Waals surface area contributed by atoms with Crippen LogP contribution in [0.4, 0.5) is 5.00 Å². The molecule has 0 radical (unpaired) electrons. The Kier molecular flexibility index (Phi) is 5.19. The van der Waals surface area contributed by atoms with Gasteiger partial charge in [0.1, 0.15) is 11.1 Å². The van der Waals surface area contributed by atoms with E-state index in [9.17, 15) is 14.9 Å². The quantitative estimate of drug-likeness (QED) is 0.794. The van der Waals surface area contributed by atoms with Crippen molar-refractivity contribution in [3.8, 4) is 6.07 Å². The van der Waals surface area contributed by atoms with Crippen LogP contribution in [0.1, 0.15) is 57.3 Å². The average Bonchev–Trinajstić information content (AvgIpc) is 3.28. The number of amides is 1. The van der Waals surface area contributed by atoms with Crippen LogP contribution in [0.3, 0.4) is 0 Å². The molecule has 0 spiro atoms. The molecule has 2 aromatic rings. The van der Waals surface area contributed by atoms with Gasteiger partial charge in [0.2, 0.25) is 0 Å². The summed E-state index contributed by atoms with van der Waals surface area (Å²) in [6.07, 6.45) is 6.02. The molecule has 2 aliphatic carbocycles. The molecule has 0 unspecified atom stereocenters. The predicted molar refractivity (Wildman–Crippen MR) is 108 cm³/mol. The second-order valence-electron chi connectivity index (χ2n) is 7.63. The van der Waals surface area contributed by atoms with Crippen LogP contribution >= 0.6 is 11.3 Å². The number of nitrogens with one attached hydrogen (secondary N) is 1. The molecule has 1 heterocycles. The molecular weight excluding hydrogens is 372 g/mol. The van der Waals surface area contributed by atoms with Crippen molar-refractivity contribution in [3.05, 3.63) is 50.9 Å². The molecule has 1 aromatic carbocycles. The second-order valence-corrected chi connectivity index (χ2v) is 8.73. The van der Waals surface area contributed by atoms with Crippen LogP contribution in [0, 0.1) is 17.2 Å². The zero-order chi connectivity index (χ0) is 19.7. The van der Waals surface area contributed by atoms with E-state index in [1.807, 2.05) is 12.1 Å². The number of anilines is 1. The Morgan fingerprint density at radius 3 is 2.93 bits per heavy atom. The van der Waals surface area contributed by atoms with Gasteiger partial charge in [-0.1, -0.05) is 13.0 Å². The first kappa shape index (κ1) is 18.7. The lowest BCUT2D eigenvalue weighted by Gasteiger charge is -2.17. The molecule has 0 fully saturated rings. The lowest BCUT2D eigenvalue weighted by molar-refractivity contribution is -0.119. The number of esters is 1. The molecule has 1 atom stereocenters. The highest BCUT2D eigenvalue weighted by Gasteiger charge is 2.25. The molecule has 1 amide bonds. The fraction of sp³-hybridized carbons (Fsp3) is 0.409. The molecule has 0 bridgehead atoms. The number of rotatable bonds is 4. The number of benzene rings is 1. The normalized spacial score (nSPS) is 17.4. The van der Waals surface area contributed by atoms with Crippen molar-refractivity contribution in [2.24, 2.45) is 5.92 Å². The summed E-state index contributed by atoms with van der Waals surface area (Å²) in [6, 6.07) is 7.82. The maximum atomic E-state index is 12.3. The summed E-state index contributed by atoms with van der Waals surface area (Å²) in [5.74, 6) is -0.322. The minimum Gasteiger partial charge on any atom is -0.452 e. The van der Waals surface area contributed by atoms with Crippen molar-refractivity contribution < 1.29 is 14.3 Å². The summed E-state index contributed by atoms with van der Waals surface area (Å²) in [4.78, 5) is 25.7. The van der Waals surface area contributed by atoms with Crippen molar-refractivity contribution in [2.45, 2.75) is 45.4 Å². The first-order chi connectivity index (χ1) is 13.5. The van der Waals surface area contributed by atoms with Gasteiger partial charge in [-0.05, 0) is 73.3 Å². The fourth-order valence-electron chi connectivity index (χ4n) is 4.03. The number of hydrogen-bond donors (Lipinski definition) is 1. The fourth-order valence-corrected chi connectivity index (χ4v) is 5.41. The van der Waals surface area contributed by atoms with Gasteiger partial charge in [0, 0.05) is 4.88 Å². The van der Waals surface area contributed by atoms with Crippen molar-refractivity contribution >= 4 is 28.2 Å². The third-order valence-electron chi connectivity index (χ3n) is 5.54. The zero-order valence-corrected chi connectivity index (χ0v) is 16.7. The Labute approximate surface area is 168 Å². The van der Waals surface area contributed by atoms with E-state index in [1.165, 1.54) is 27.3 Å². The second kappa shape index (κ2) is 7.76. The molecule has 28 heavy (non-hydrogen) atoms. The summed E-state index contributed by atoms with van der Waals surface area (Å²) in [5, 5.41) is 12.8. The maximum absolute atomic E-state index is 12.3. The van der Waals surface area contributed by atoms with Gasteiger partial charge < -0.3 is 10.1 Å². The smallest absolute Gasteiger partial charge is 0.338 e. The zero-order valence-electron chi connectivity index (χ0n) is 15.8. The number of carbonyl (C=O) groups excluding carboxylic acids is 2. The highest BCUT2D eigenvalue weighted by molar-refractivity contribution is 7.16. The summed E-state index contributed by atoms with van der Waals surface area (Å²) in [7, 11) is 0. The molecule has 6 heteroatoms. The van der Waals surface area contributed by atoms with E-state index in [2.05, 4.69) is 18.3 Å². The molecule has 0 aliphatic heterocycles. The number of aryl methyl sites for hydroxylation is 2. The largest absolute Gasteiger partial charge is 0.452 e. The standard InChI is InChI=1S/C22H22N2O3S/c1-13-5-8-17-18(11-23)21(28-19(17)9-13)24-20(25)12-27-22(26)16-7-6-14-3-2-4-15(14)10-16/h6-7,10,13H,2-5,8-9,12H2,1H3,(H,24,25)/t13-/m1/s1. The van der Waals surface area contributed by atoms with E-state index in [0.29, 0.717) is 22.0 Å². The van der Waals surface area contributed by atoms with Gasteiger partial charge in [-0.25, -0.2) is 4.79 Å². The summed E-state index contributed by atoms with van der Waals surface area (Å²) >= 11 is 1.47. The van der Waals surface area contributed by atoms with Crippen LogP contribution < -0.4 is 5.32 Å². The molecule has 5 nitrogen and oxygen atoms in total. The van der Waals surface area contributed by atoms with E-state index < -0.39 is 11.9 Å². The molecule has 0 saturated heterocycles. The Balaban J connectivity index is 1.39. The Bertz CT molecular complexity index is 986. The molecule has 4 rings (SSSR count). The van der Waals surface area contributed by atoms with Gasteiger partial charge in [-0.2, -0.15) is 5.26 Å².